The summed E-state index contributed by atoms with van der Waals surface area (Å²) >= 11 is 3.91. The van der Waals surface area contributed by atoms with Crippen molar-refractivity contribution in [1.82, 2.24) is 0 Å². The molecule has 0 N–H and O–H groups in total. The second kappa shape index (κ2) is 5.77. The Balaban J connectivity index is 2.95. The first-order valence-corrected chi connectivity index (χ1v) is 7.76. The molecule has 0 bridgehead atoms. The molecule has 0 fully saturated rings. The lowest BCUT2D eigenvalue weighted by Crippen LogP contribution is -2.19. The Morgan fingerprint density at radius 3 is 1.89 bits per heavy atom. The van der Waals surface area contributed by atoms with Crippen LogP contribution in [-0.2, 0) is 0 Å². The maximum absolute atomic E-state index is 3.91. The van der Waals surface area contributed by atoms with Gasteiger partial charge in [-0.2, -0.15) is 0 Å². The summed E-state index contributed by atoms with van der Waals surface area (Å²) in [4.78, 5) is 0.465. The monoisotopic (exact) mass is 310 g/mol. The molecule has 0 aromatic heterocycles. The van der Waals surface area contributed by atoms with Gasteiger partial charge in [0, 0.05) is 4.83 Å². The van der Waals surface area contributed by atoms with Crippen molar-refractivity contribution in [2.75, 3.05) is 0 Å². The van der Waals surface area contributed by atoms with Crippen LogP contribution in [0.15, 0.2) is 12.1 Å². The van der Waals surface area contributed by atoms with E-state index >= 15 is 0 Å². The minimum Gasteiger partial charge on any atom is -0.0838 e. The molecule has 0 amide bonds. The number of alkyl halides is 1. The summed E-state index contributed by atoms with van der Waals surface area (Å²) in [5.74, 6) is 0.696. The van der Waals surface area contributed by atoms with Gasteiger partial charge in [0.2, 0.25) is 0 Å². The molecule has 0 aliphatic heterocycles. The van der Waals surface area contributed by atoms with Crippen molar-refractivity contribution in [3.8, 4) is 0 Å². The number of hydrogen-bond donors (Lipinski definition) is 0. The van der Waals surface area contributed by atoms with Crippen LogP contribution >= 0.6 is 15.9 Å². The van der Waals surface area contributed by atoms with Crippen LogP contribution in [0.1, 0.15) is 61.2 Å². The number of aryl methyl sites for hydroxylation is 3. The molecule has 2 unspecified atom stereocenters. The lowest BCUT2D eigenvalue weighted by atomic mass is 9.78. The summed E-state index contributed by atoms with van der Waals surface area (Å²) in [5.41, 5.74) is 6.04. The van der Waals surface area contributed by atoms with Crippen molar-refractivity contribution >= 4 is 15.9 Å². The maximum atomic E-state index is 3.91. The zero-order valence-electron chi connectivity index (χ0n) is 12.9. The van der Waals surface area contributed by atoms with Gasteiger partial charge >= 0.3 is 0 Å². The van der Waals surface area contributed by atoms with Crippen molar-refractivity contribution in [3.05, 3.63) is 34.4 Å². The molecule has 1 aromatic carbocycles. The highest BCUT2D eigenvalue weighted by atomic mass is 79.9. The molecule has 102 valence electrons. The van der Waals surface area contributed by atoms with Gasteiger partial charge in [0.25, 0.3) is 0 Å². The summed E-state index contributed by atoms with van der Waals surface area (Å²) in [7, 11) is 0. The summed E-state index contributed by atoms with van der Waals surface area (Å²) in [5, 5.41) is 0. The van der Waals surface area contributed by atoms with E-state index in [1.165, 1.54) is 28.7 Å². The van der Waals surface area contributed by atoms with Gasteiger partial charge in [-0.3, -0.25) is 0 Å². The number of rotatable bonds is 3. The lowest BCUT2D eigenvalue weighted by Gasteiger charge is -2.30. The Bertz CT molecular complexity index is 389. The van der Waals surface area contributed by atoms with Crippen molar-refractivity contribution in [3.63, 3.8) is 0 Å². The molecule has 0 aliphatic rings. The van der Waals surface area contributed by atoms with Gasteiger partial charge in [-0.25, -0.2) is 0 Å². The van der Waals surface area contributed by atoms with Crippen LogP contribution in [0.3, 0.4) is 0 Å². The van der Waals surface area contributed by atoms with E-state index in [1.54, 1.807) is 0 Å². The van der Waals surface area contributed by atoms with Crippen LogP contribution in [0.4, 0.5) is 0 Å². The van der Waals surface area contributed by atoms with Gasteiger partial charge in [-0.05, 0) is 55.2 Å². The zero-order chi connectivity index (χ0) is 14.1. The Morgan fingerprint density at radius 2 is 1.50 bits per heavy atom. The van der Waals surface area contributed by atoms with Gasteiger partial charge in [0.1, 0.15) is 0 Å². The molecule has 1 rings (SSSR count). The van der Waals surface area contributed by atoms with Crippen LogP contribution in [0.2, 0.25) is 0 Å². The lowest BCUT2D eigenvalue weighted by molar-refractivity contribution is 0.246. The Morgan fingerprint density at radius 1 is 1.06 bits per heavy atom. The highest BCUT2D eigenvalue weighted by Crippen LogP contribution is 2.39. The van der Waals surface area contributed by atoms with E-state index in [2.05, 4.69) is 76.5 Å². The highest BCUT2D eigenvalue weighted by Gasteiger charge is 2.24. The first-order chi connectivity index (χ1) is 8.12. The van der Waals surface area contributed by atoms with Gasteiger partial charge in [0.05, 0.1) is 0 Å². The molecule has 2 atom stereocenters. The SMILES string of the molecule is Cc1cc(C)c(C(Br)CC(C)C(C)(C)C)c(C)c1. The van der Waals surface area contributed by atoms with Crippen molar-refractivity contribution in [2.24, 2.45) is 11.3 Å². The fraction of sp³-hybridized carbons (Fsp3) is 0.647. The number of benzene rings is 1. The summed E-state index contributed by atoms with van der Waals surface area (Å²) in [6, 6.07) is 4.58. The van der Waals surface area contributed by atoms with Crippen LogP contribution in [0.25, 0.3) is 0 Å². The second-order valence-corrected chi connectivity index (χ2v) is 7.89. The van der Waals surface area contributed by atoms with E-state index in [9.17, 15) is 0 Å². The molecular formula is C17H27Br. The second-order valence-electron chi connectivity index (χ2n) is 6.78. The fourth-order valence-electron chi connectivity index (χ4n) is 2.47. The van der Waals surface area contributed by atoms with Crippen molar-refractivity contribution in [2.45, 2.75) is 59.7 Å². The normalized spacial score (nSPS) is 15.6. The maximum Gasteiger partial charge on any atom is 0.0403 e. The molecule has 0 heterocycles. The fourth-order valence-corrected chi connectivity index (χ4v) is 3.75. The molecule has 18 heavy (non-hydrogen) atoms. The first kappa shape index (κ1) is 15.8. The minimum absolute atomic E-state index is 0.374. The van der Waals surface area contributed by atoms with Gasteiger partial charge in [-0.15, -0.1) is 0 Å². The summed E-state index contributed by atoms with van der Waals surface area (Å²) in [6.07, 6.45) is 1.19. The molecule has 0 spiro atoms. The van der Waals surface area contributed by atoms with Crippen LogP contribution in [0.5, 0.6) is 0 Å². The number of hydrogen-bond acceptors (Lipinski definition) is 0. The van der Waals surface area contributed by atoms with Gasteiger partial charge < -0.3 is 0 Å². The molecule has 1 heteroatoms. The van der Waals surface area contributed by atoms with E-state index in [0.717, 1.165) is 0 Å². The van der Waals surface area contributed by atoms with Crippen LogP contribution in [0, 0.1) is 32.1 Å². The third-order valence-corrected chi connectivity index (χ3v) is 4.92. The molecule has 1 aromatic rings. The zero-order valence-corrected chi connectivity index (χ0v) is 14.5. The Labute approximate surface area is 121 Å². The summed E-state index contributed by atoms with van der Waals surface area (Å²) < 4.78 is 0. The van der Waals surface area contributed by atoms with E-state index in [0.29, 0.717) is 16.2 Å². The third-order valence-electron chi connectivity index (χ3n) is 4.09. The molecule has 0 saturated heterocycles. The average molecular weight is 311 g/mol. The molecular weight excluding hydrogens is 284 g/mol. The average Bonchev–Trinajstić information content (AvgIpc) is 2.13. The molecule has 0 nitrogen and oxygen atoms in total. The van der Waals surface area contributed by atoms with Crippen molar-refractivity contribution < 1.29 is 0 Å². The minimum atomic E-state index is 0.374. The van der Waals surface area contributed by atoms with E-state index in [4.69, 9.17) is 0 Å². The smallest absolute Gasteiger partial charge is 0.0403 e. The third kappa shape index (κ3) is 3.85. The van der Waals surface area contributed by atoms with Gasteiger partial charge in [0.15, 0.2) is 0 Å². The highest BCUT2D eigenvalue weighted by molar-refractivity contribution is 9.09. The van der Waals surface area contributed by atoms with Gasteiger partial charge in [-0.1, -0.05) is 61.3 Å². The predicted octanol–water partition coefficient (Wildman–Crippen LogP) is 6.12. The Kier molecular flexibility index (Phi) is 5.05. The molecule has 0 aliphatic carbocycles. The van der Waals surface area contributed by atoms with Crippen LogP contribution < -0.4 is 0 Å². The number of halogens is 1. The van der Waals surface area contributed by atoms with E-state index < -0.39 is 0 Å². The van der Waals surface area contributed by atoms with Crippen LogP contribution in [-0.4, -0.2) is 0 Å². The topological polar surface area (TPSA) is 0 Å². The largest absolute Gasteiger partial charge is 0.0838 e. The standard InChI is InChI=1S/C17H27Br/c1-11-8-12(2)16(13(3)9-11)15(18)10-14(4)17(5,6)7/h8-9,14-15H,10H2,1-7H3. The van der Waals surface area contributed by atoms with Crippen molar-refractivity contribution in [1.29, 1.82) is 0 Å². The van der Waals surface area contributed by atoms with E-state index in [1.807, 2.05) is 0 Å². The van der Waals surface area contributed by atoms with E-state index in [-0.39, 0.29) is 0 Å². The quantitative estimate of drug-likeness (QED) is 0.590. The predicted molar refractivity (Wildman–Crippen MR) is 85.6 cm³/mol. The molecule has 0 saturated carbocycles. The molecule has 0 radical (unpaired) electrons. The first-order valence-electron chi connectivity index (χ1n) is 6.84. The summed E-state index contributed by atoms with van der Waals surface area (Å²) in [6.45, 7) is 16.0. The Hall–Kier alpha value is -0.300.